The van der Waals surface area contributed by atoms with Crippen LogP contribution in [-0.2, 0) is 6.54 Å². The standard InChI is InChI=1S/C14H17N3S2/c1-3-15-14(10-8-16-17(4-2)9-10)13-7-12-11(19-13)5-6-18-12/h5-9,14-15H,3-4H2,1-2H3. The van der Waals surface area contributed by atoms with Crippen LogP contribution in [0, 0.1) is 0 Å². The number of rotatable bonds is 5. The quantitative estimate of drug-likeness (QED) is 0.773. The number of aromatic nitrogens is 2. The molecule has 0 radical (unpaired) electrons. The second kappa shape index (κ2) is 5.45. The number of fused-ring (bicyclic) bond motifs is 1. The Kier molecular flexibility index (Phi) is 3.68. The molecule has 0 spiro atoms. The van der Waals surface area contributed by atoms with Crippen molar-refractivity contribution in [3.8, 4) is 0 Å². The van der Waals surface area contributed by atoms with Crippen LogP contribution in [0.3, 0.4) is 0 Å². The smallest absolute Gasteiger partial charge is 0.0702 e. The first-order valence-electron chi connectivity index (χ1n) is 6.54. The van der Waals surface area contributed by atoms with E-state index in [0.29, 0.717) is 0 Å². The van der Waals surface area contributed by atoms with Gasteiger partial charge in [0.15, 0.2) is 0 Å². The summed E-state index contributed by atoms with van der Waals surface area (Å²) in [5.74, 6) is 0. The lowest BCUT2D eigenvalue weighted by Crippen LogP contribution is -2.20. The number of nitrogens with one attached hydrogen (secondary N) is 1. The lowest BCUT2D eigenvalue weighted by Gasteiger charge is -2.14. The minimum absolute atomic E-state index is 0.259. The molecule has 3 rings (SSSR count). The van der Waals surface area contributed by atoms with Gasteiger partial charge in [0.2, 0.25) is 0 Å². The van der Waals surface area contributed by atoms with Crippen molar-refractivity contribution in [1.82, 2.24) is 15.1 Å². The molecule has 5 heteroatoms. The molecule has 3 aromatic rings. The third kappa shape index (κ3) is 2.45. The maximum Gasteiger partial charge on any atom is 0.0702 e. The van der Waals surface area contributed by atoms with Gasteiger partial charge in [0.25, 0.3) is 0 Å². The maximum atomic E-state index is 4.39. The minimum atomic E-state index is 0.259. The van der Waals surface area contributed by atoms with Gasteiger partial charge in [-0.3, -0.25) is 4.68 Å². The predicted octanol–water partition coefficient (Wildman–Crippen LogP) is 3.88. The zero-order chi connectivity index (χ0) is 13.2. The Morgan fingerprint density at radius 2 is 2.26 bits per heavy atom. The van der Waals surface area contributed by atoms with Gasteiger partial charge in [0.1, 0.15) is 0 Å². The van der Waals surface area contributed by atoms with Gasteiger partial charge in [-0.2, -0.15) is 5.10 Å². The highest BCUT2D eigenvalue weighted by Crippen LogP contribution is 2.35. The molecule has 0 aliphatic rings. The van der Waals surface area contributed by atoms with E-state index in [0.717, 1.165) is 13.1 Å². The molecule has 0 aliphatic carbocycles. The highest BCUT2D eigenvalue weighted by Gasteiger charge is 2.17. The number of hydrogen-bond donors (Lipinski definition) is 1. The van der Waals surface area contributed by atoms with Crippen molar-refractivity contribution in [3.05, 3.63) is 40.3 Å². The summed E-state index contributed by atoms with van der Waals surface area (Å²) in [6.07, 6.45) is 4.12. The molecule has 100 valence electrons. The van der Waals surface area contributed by atoms with Crippen molar-refractivity contribution in [2.75, 3.05) is 6.54 Å². The van der Waals surface area contributed by atoms with E-state index in [-0.39, 0.29) is 6.04 Å². The summed E-state index contributed by atoms with van der Waals surface area (Å²) in [5.41, 5.74) is 1.25. The Bertz CT molecular complexity index is 636. The monoisotopic (exact) mass is 291 g/mol. The Morgan fingerprint density at radius 1 is 1.37 bits per heavy atom. The molecule has 19 heavy (non-hydrogen) atoms. The fourth-order valence-corrected chi connectivity index (χ4v) is 4.44. The number of hydrogen-bond acceptors (Lipinski definition) is 4. The highest BCUT2D eigenvalue weighted by atomic mass is 32.1. The summed E-state index contributed by atoms with van der Waals surface area (Å²) < 4.78 is 4.74. The summed E-state index contributed by atoms with van der Waals surface area (Å²) >= 11 is 3.68. The van der Waals surface area contributed by atoms with Crippen LogP contribution in [0.4, 0.5) is 0 Å². The van der Waals surface area contributed by atoms with Crippen LogP contribution in [0.2, 0.25) is 0 Å². The van der Waals surface area contributed by atoms with Crippen molar-refractivity contribution in [2.24, 2.45) is 0 Å². The molecule has 0 fully saturated rings. The third-order valence-electron chi connectivity index (χ3n) is 3.16. The van der Waals surface area contributed by atoms with Crippen LogP contribution in [0.5, 0.6) is 0 Å². The van der Waals surface area contributed by atoms with E-state index in [4.69, 9.17) is 0 Å². The van der Waals surface area contributed by atoms with E-state index < -0.39 is 0 Å². The topological polar surface area (TPSA) is 29.9 Å². The van der Waals surface area contributed by atoms with Gasteiger partial charge in [-0.25, -0.2) is 0 Å². The summed E-state index contributed by atoms with van der Waals surface area (Å²) in [6.45, 7) is 6.12. The van der Waals surface area contributed by atoms with E-state index in [1.807, 2.05) is 33.6 Å². The number of thiophene rings is 2. The van der Waals surface area contributed by atoms with Crippen LogP contribution >= 0.6 is 22.7 Å². The van der Waals surface area contributed by atoms with Crippen molar-refractivity contribution < 1.29 is 0 Å². The largest absolute Gasteiger partial charge is 0.306 e. The predicted molar refractivity (Wildman–Crippen MR) is 83.1 cm³/mol. The molecule has 0 aliphatic heterocycles. The first-order chi connectivity index (χ1) is 9.31. The highest BCUT2D eigenvalue weighted by molar-refractivity contribution is 7.27. The first-order valence-corrected chi connectivity index (χ1v) is 8.24. The van der Waals surface area contributed by atoms with Gasteiger partial charge in [-0.1, -0.05) is 6.92 Å². The molecule has 1 unspecified atom stereocenters. The lowest BCUT2D eigenvalue weighted by molar-refractivity contribution is 0.633. The first kappa shape index (κ1) is 12.8. The molecule has 0 amide bonds. The normalized spacial score (nSPS) is 13.2. The van der Waals surface area contributed by atoms with Crippen LogP contribution < -0.4 is 5.32 Å². The van der Waals surface area contributed by atoms with E-state index in [1.165, 1.54) is 19.8 Å². The van der Waals surface area contributed by atoms with Gasteiger partial charge in [0, 0.05) is 32.6 Å². The molecular formula is C14H17N3S2. The Morgan fingerprint density at radius 3 is 2.95 bits per heavy atom. The summed E-state index contributed by atoms with van der Waals surface area (Å²) in [5, 5.41) is 10.1. The molecule has 1 N–H and O–H groups in total. The van der Waals surface area contributed by atoms with Crippen molar-refractivity contribution in [1.29, 1.82) is 0 Å². The van der Waals surface area contributed by atoms with Gasteiger partial charge < -0.3 is 5.32 Å². The zero-order valence-electron chi connectivity index (χ0n) is 11.1. The van der Waals surface area contributed by atoms with Gasteiger partial charge in [-0.15, -0.1) is 22.7 Å². The van der Waals surface area contributed by atoms with E-state index >= 15 is 0 Å². The van der Waals surface area contributed by atoms with Gasteiger partial charge >= 0.3 is 0 Å². The molecule has 3 heterocycles. The molecule has 0 bridgehead atoms. The summed E-state index contributed by atoms with van der Waals surface area (Å²) in [7, 11) is 0. The third-order valence-corrected chi connectivity index (χ3v) is 5.32. The molecule has 0 saturated heterocycles. The van der Waals surface area contributed by atoms with Crippen molar-refractivity contribution >= 4 is 32.1 Å². The molecular weight excluding hydrogens is 274 g/mol. The lowest BCUT2D eigenvalue weighted by atomic mass is 10.1. The Hall–Kier alpha value is -1.17. The zero-order valence-corrected chi connectivity index (χ0v) is 12.7. The average molecular weight is 291 g/mol. The van der Waals surface area contributed by atoms with E-state index in [2.05, 4.69) is 48.0 Å². The molecule has 0 saturated carbocycles. The fourth-order valence-electron chi connectivity index (χ4n) is 2.22. The average Bonchev–Trinajstić information content (AvgIpc) is 3.10. The van der Waals surface area contributed by atoms with E-state index in [9.17, 15) is 0 Å². The summed E-state index contributed by atoms with van der Waals surface area (Å²) in [4.78, 5) is 1.37. The molecule has 1 atom stereocenters. The number of aryl methyl sites for hydroxylation is 1. The van der Waals surface area contributed by atoms with E-state index in [1.54, 1.807) is 0 Å². The SMILES string of the molecule is CCNC(c1cnn(CC)c1)c1cc2sccc2s1. The van der Waals surface area contributed by atoms with Gasteiger partial charge in [0.05, 0.1) is 12.2 Å². The van der Waals surface area contributed by atoms with Crippen LogP contribution in [0.1, 0.15) is 30.3 Å². The molecule has 3 aromatic heterocycles. The second-order valence-electron chi connectivity index (χ2n) is 4.42. The van der Waals surface area contributed by atoms with Crippen LogP contribution in [-0.4, -0.2) is 16.3 Å². The summed E-state index contributed by atoms with van der Waals surface area (Å²) in [6, 6.07) is 4.77. The van der Waals surface area contributed by atoms with Crippen LogP contribution in [0.15, 0.2) is 29.9 Å². The van der Waals surface area contributed by atoms with Gasteiger partial charge in [-0.05, 0) is 31.0 Å². The minimum Gasteiger partial charge on any atom is -0.306 e. The molecule has 3 nitrogen and oxygen atoms in total. The van der Waals surface area contributed by atoms with Crippen molar-refractivity contribution in [3.63, 3.8) is 0 Å². The maximum absolute atomic E-state index is 4.39. The second-order valence-corrected chi connectivity index (χ2v) is 6.48. The Balaban J connectivity index is 1.97. The Labute approximate surface area is 120 Å². The molecule has 0 aromatic carbocycles. The van der Waals surface area contributed by atoms with Crippen molar-refractivity contribution in [2.45, 2.75) is 26.4 Å². The fraction of sp³-hybridized carbons (Fsp3) is 0.357. The van der Waals surface area contributed by atoms with Crippen LogP contribution in [0.25, 0.3) is 9.40 Å². The number of nitrogens with zero attached hydrogens (tertiary/aromatic N) is 2.